The van der Waals surface area contributed by atoms with Gasteiger partial charge in [-0.2, -0.15) is 13.2 Å². The number of nitrogens with one attached hydrogen (secondary N) is 1. The van der Waals surface area contributed by atoms with Crippen molar-refractivity contribution in [3.63, 3.8) is 0 Å². The maximum Gasteiger partial charge on any atom is 0.405 e. The smallest absolute Gasteiger partial charge is 0.382 e. The van der Waals surface area contributed by atoms with Gasteiger partial charge in [0.05, 0.1) is 5.69 Å². The fourth-order valence-corrected chi connectivity index (χ4v) is 1.58. The van der Waals surface area contributed by atoms with E-state index >= 15 is 0 Å². The fourth-order valence-electron chi connectivity index (χ4n) is 1.58. The van der Waals surface area contributed by atoms with Gasteiger partial charge in [-0.1, -0.05) is 0 Å². The van der Waals surface area contributed by atoms with E-state index in [1.165, 1.54) is 18.3 Å². The maximum absolute atomic E-state index is 12.5. The molecule has 0 unspecified atom stereocenters. The van der Waals surface area contributed by atoms with E-state index < -0.39 is 12.7 Å². The number of aromatic nitrogens is 1. The average Bonchev–Trinajstić information content (AvgIpc) is 2.24. The van der Waals surface area contributed by atoms with Crippen molar-refractivity contribution in [1.82, 2.24) is 4.98 Å². The Morgan fingerprint density at radius 3 is 2.56 bits per heavy atom. The molecule has 1 heterocycles. The summed E-state index contributed by atoms with van der Waals surface area (Å²) in [5, 5.41) is 7.35. The summed E-state index contributed by atoms with van der Waals surface area (Å²) in [5.41, 5.74) is 5.61. The third kappa shape index (κ3) is 3.61. The number of nitrogens with two attached hydrogens (primary N) is 1. The molecule has 0 atom stereocenters. The monoisotopic (exact) mass is 260 g/mol. The van der Waals surface area contributed by atoms with Crippen molar-refractivity contribution in [2.75, 3.05) is 11.4 Å². The van der Waals surface area contributed by atoms with Gasteiger partial charge >= 0.3 is 6.18 Å². The highest BCUT2D eigenvalue weighted by atomic mass is 19.4. The van der Waals surface area contributed by atoms with E-state index in [2.05, 4.69) is 4.98 Å². The summed E-state index contributed by atoms with van der Waals surface area (Å²) in [6.45, 7) is 2.18. The zero-order valence-electron chi connectivity index (χ0n) is 10.1. The molecule has 0 amide bonds. The van der Waals surface area contributed by atoms with Crippen LogP contribution in [0.15, 0.2) is 18.3 Å². The number of pyridine rings is 1. The number of amidine groups is 1. The Morgan fingerprint density at radius 2 is 2.11 bits per heavy atom. The van der Waals surface area contributed by atoms with Crippen molar-refractivity contribution >= 4 is 11.5 Å². The zero-order chi connectivity index (χ0) is 13.9. The molecule has 1 aromatic heterocycles. The van der Waals surface area contributed by atoms with E-state index in [9.17, 15) is 13.2 Å². The van der Waals surface area contributed by atoms with Gasteiger partial charge < -0.3 is 10.6 Å². The second kappa shape index (κ2) is 5.24. The van der Waals surface area contributed by atoms with Crippen LogP contribution in [-0.2, 0) is 0 Å². The van der Waals surface area contributed by atoms with Crippen LogP contribution in [0.4, 0.5) is 18.9 Å². The summed E-state index contributed by atoms with van der Waals surface area (Å²) in [6.07, 6.45) is -2.93. The SMILES string of the molecule is CC(C)N(CC(F)(F)F)c1cccnc1C(=N)N. The molecule has 0 saturated carbocycles. The molecule has 4 nitrogen and oxygen atoms in total. The van der Waals surface area contributed by atoms with Crippen LogP contribution >= 0.6 is 0 Å². The van der Waals surface area contributed by atoms with Crippen molar-refractivity contribution < 1.29 is 13.2 Å². The van der Waals surface area contributed by atoms with Gasteiger partial charge in [-0.15, -0.1) is 0 Å². The molecule has 18 heavy (non-hydrogen) atoms. The minimum Gasteiger partial charge on any atom is -0.382 e. The highest BCUT2D eigenvalue weighted by molar-refractivity contribution is 5.98. The molecule has 0 aliphatic heterocycles. The summed E-state index contributed by atoms with van der Waals surface area (Å²) in [6, 6.07) is 2.62. The highest BCUT2D eigenvalue weighted by Gasteiger charge is 2.33. The number of halogens is 3. The quantitative estimate of drug-likeness (QED) is 0.644. The number of alkyl halides is 3. The summed E-state index contributed by atoms with van der Waals surface area (Å²) >= 11 is 0. The van der Waals surface area contributed by atoms with Gasteiger partial charge in [0.15, 0.2) is 0 Å². The molecule has 0 aliphatic rings. The largest absolute Gasteiger partial charge is 0.405 e. The summed E-state index contributed by atoms with van der Waals surface area (Å²) < 4.78 is 37.6. The first-order chi connectivity index (χ1) is 8.22. The summed E-state index contributed by atoms with van der Waals surface area (Å²) in [4.78, 5) is 4.98. The average molecular weight is 260 g/mol. The molecule has 0 aliphatic carbocycles. The zero-order valence-corrected chi connectivity index (χ0v) is 10.1. The van der Waals surface area contributed by atoms with E-state index in [0.29, 0.717) is 0 Å². The normalized spacial score (nSPS) is 11.7. The van der Waals surface area contributed by atoms with Crippen LogP contribution in [0.5, 0.6) is 0 Å². The van der Waals surface area contributed by atoms with Gasteiger partial charge in [0.2, 0.25) is 0 Å². The third-order valence-electron chi connectivity index (χ3n) is 2.32. The predicted octanol–water partition coefficient (Wildman–Crippen LogP) is 2.14. The predicted molar refractivity (Wildman–Crippen MR) is 63.8 cm³/mol. The minimum absolute atomic E-state index is 0.0652. The number of anilines is 1. The van der Waals surface area contributed by atoms with Crippen LogP contribution in [0.1, 0.15) is 19.5 Å². The molecule has 0 aromatic carbocycles. The van der Waals surface area contributed by atoms with Crippen molar-refractivity contribution in [2.24, 2.45) is 5.73 Å². The van der Waals surface area contributed by atoms with Gasteiger partial charge in [-0.25, -0.2) is 0 Å². The molecule has 1 rings (SSSR count). The van der Waals surface area contributed by atoms with Crippen molar-refractivity contribution in [3.8, 4) is 0 Å². The van der Waals surface area contributed by atoms with Crippen molar-refractivity contribution in [1.29, 1.82) is 5.41 Å². The Hall–Kier alpha value is -1.79. The van der Waals surface area contributed by atoms with Crippen molar-refractivity contribution in [2.45, 2.75) is 26.1 Å². The first-order valence-corrected chi connectivity index (χ1v) is 5.35. The van der Waals surface area contributed by atoms with Crippen molar-refractivity contribution in [3.05, 3.63) is 24.0 Å². The lowest BCUT2D eigenvalue weighted by atomic mass is 10.2. The Kier molecular flexibility index (Phi) is 4.15. The second-order valence-corrected chi connectivity index (χ2v) is 4.12. The van der Waals surface area contributed by atoms with E-state index in [4.69, 9.17) is 11.1 Å². The molecule has 0 spiro atoms. The molecule has 100 valence electrons. The lowest BCUT2D eigenvalue weighted by Gasteiger charge is -2.30. The molecule has 7 heteroatoms. The second-order valence-electron chi connectivity index (χ2n) is 4.12. The first kappa shape index (κ1) is 14.3. The Bertz CT molecular complexity index is 429. The number of rotatable bonds is 4. The topological polar surface area (TPSA) is 66.0 Å². The minimum atomic E-state index is -4.33. The van der Waals surface area contributed by atoms with E-state index in [1.54, 1.807) is 13.8 Å². The molecule has 0 saturated heterocycles. The molecular weight excluding hydrogens is 245 g/mol. The van der Waals surface area contributed by atoms with Crippen LogP contribution in [0.25, 0.3) is 0 Å². The molecule has 0 radical (unpaired) electrons. The van der Waals surface area contributed by atoms with Crippen LogP contribution in [-0.4, -0.2) is 29.6 Å². The Labute approximate surface area is 103 Å². The summed E-state index contributed by atoms with van der Waals surface area (Å²) in [7, 11) is 0. The summed E-state index contributed by atoms with van der Waals surface area (Å²) in [5.74, 6) is -0.349. The Balaban J connectivity index is 3.18. The highest BCUT2D eigenvalue weighted by Crippen LogP contribution is 2.25. The standard InChI is InChI=1S/C11H15F3N4/c1-7(2)18(6-11(12,13)14)8-4-3-5-17-9(8)10(15)16/h3-5,7H,6H2,1-2H3,(H3,15,16). The van der Waals surface area contributed by atoms with Crippen LogP contribution in [0.3, 0.4) is 0 Å². The van der Waals surface area contributed by atoms with Crippen LogP contribution in [0.2, 0.25) is 0 Å². The van der Waals surface area contributed by atoms with Gasteiger partial charge in [-0.3, -0.25) is 10.4 Å². The van der Waals surface area contributed by atoms with E-state index in [1.807, 2.05) is 0 Å². The lowest BCUT2D eigenvalue weighted by Crippen LogP contribution is -2.40. The molecular formula is C11H15F3N4. The van der Waals surface area contributed by atoms with E-state index in [0.717, 1.165) is 4.90 Å². The molecule has 0 bridgehead atoms. The Morgan fingerprint density at radius 1 is 1.50 bits per heavy atom. The van der Waals surface area contributed by atoms with Gasteiger partial charge in [-0.05, 0) is 26.0 Å². The van der Waals surface area contributed by atoms with Gasteiger partial charge in [0.25, 0.3) is 0 Å². The van der Waals surface area contributed by atoms with Gasteiger partial charge in [0.1, 0.15) is 18.1 Å². The van der Waals surface area contributed by atoms with Gasteiger partial charge in [0, 0.05) is 12.2 Å². The fraction of sp³-hybridized carbons (Fsp3) is 0.455. The lowest BCUT2D eigenvalue weighted by molar-refractivity contribution is -0.120. The van der Waals surface area contributed by atoms with E-state index in [-0.39, 0.29) is 23.3 Å². The first-order valence-electron chi connectivity index (χ1n) is 5.35. The van der Waals surface area contributed by atoms with Crippen LogP contribution < -0.4 is 10.6 Å². The number of nitrogens with zero attached hydrogens (tertiary/aromatic N) is 2. The molecule has 3 N–H and O–H groups in total. The van der Waals surface area contributed by atoms with Crippen LogP contribution in [0, 0.1) is 5.41 Å². The molecule has 0 fully saturated rings. The number of nitrogen functional groups attached to an aromatic ring is 1. The third-order valence-corrected chi connectivity index (χ3v) is 2.32. The molecule has 1 aromatic rings. The number of hydrogen-bond donors (Lipinski definition) is 2. The maximum atomic E-state index is 12.5. The number of hydrogen-bond acceptors (Lipinski definition) is 3.